The van der Waals surface area contributed by atoms with Crippen LogP contribution < -0.4 is 0 Å². The molecule has 5 nitrogen and oxygen atoms in total. The molecule has 1 aliphatic carbocycles. The Labute approximate surface area is 137 Å². The van der Waals surface area contributed by atoms with Crippen LogP contribution in [0.3, 0.4) is 0 Å². The van der Waals surface area contributed by atoms with Gasteiger partial charge in [0.25, 0.3) is 0 Å². The Morgan fingerprint density at radius 2 is 1.95 bits per heavy atom. The zero-order valence-electron chi connectivity index (χ0n) is 13.8. The Balaban J connectivity index is 1.89. The quantitative estimate of drug-likeness (QED) is 0.745. The summed E-state index contributed by atoms with van der Waals surface area (Å²) in [6, 6.07) is 0.364. The van der Waals surface area contributed by atoms with E-state index in [9.17, 15) is 9.59 Å². The lowest BCUT2D eigenvalue weighted by atomic mass is 9.97. The fraction of sp³-hybridized carbons (Fsp3) is 0.875. The molecule has 0 radical (unpaired) electrons. The fourth-order valence-corrected chi connectivity index (χ4v) is 3.06. The molecule has 0 aromatic carbocycles. The van der Waals surface area contributed by atoms with Gasteiger partial charge in [0.15, 0.2) is 0 Å². The van der Waals surface area contributed by atoms with Crippen LogP contribution in [0, 0.1) is 5.92 Å². The summed E-state index contributed by atoms with van der Waals surface area (Å²) in [5, 5.41) is 0. The largest absolute Gasteiger partial charge is 0.444 e. The van der Waals surface area contributed by atoms with Gasteiger partial charge in [0, 0.05) is 25.7 Å². The number of hydrogen-bond donors (Lipinski definition) is 0. The van der Waals surface area contributed by atoms with Crippen molar-refractivity contribution in [1.29, 1.82) is 0 Å². The lowest BCUT2D eigenvalue weighted by Gasteiger charge is -2.36. The maximum atomic E-state index is 12.2. The zero-order chi connectivity index (χ0) is 16.3. The minimum Gasteiger partial charge on any atom is -0.444 e. The van der Waals surface area contributed by atoms with Crippen molar-refractivity contribution in [3.8, 4) is 0 Å². The molecule has 2 amide bonds. The highest BCUT2D eigenvalue weighted by atomic mass is 35.5. The molecule has 22 heavy (non-hydrogen) atoms. The molecule has 1 atom stereocenters. The standard InChI is InChI=1S/C16H27ClN2O3/c1-16(2,3)22-15(21)18-8-4-5-12(10-18)11-19(13-6-7-13)14(20)9-17/h12-13H,4-11H2,1-3H3/t12-/m1/s1. The molecule has 1 saturated heterocycles. The molecule has 0 aromatic heterocycles. The highest BCUT2D eigenvalue weighted by molar-refractivity contribution is 6.27. The van der Waals surface area contributed by atoms with Crippen LogP contribution >= 0.6 is 11.6 Å². The van der Waals surface area contributed by atoms with Crippen molar-refractivity contribution in [2.75, 3.05) is 25.5 Å². The number of carbonyl (C=O) groups is 2. The van der Waals surface area contributed by atoms with Crippen LogP contribution in [0.1, 0.15) is 46.5 Å². The van der Waals surface area contributed by atoms with Gasteiger partial charge in [-0.2, -0.15) is 0 Å². The number of rotatable bonds is 4. The van der Waals surface area contributed by atoms with Crippen LogP contribution in [0.25, 0.3) is 0 Å². The van der Waals surface area contributed by atoms with Gasteiger partial charge >= 0.3 is 6.09 Å². The second-order valence-electron chi connectivity index (χ2n) is 7.35. The normalized spacial score (nSPS) is 22.4. The van der Waals surface area contributed by atoms with E-state index in [0.717, 1.165) is 32.2 Å². The van der Waals surface area contributed by atoms with Gasteiger partial charge in [0.05, 0.1) is 0 Å². The molecular formula is C16H27ClN2O3. The molecule has 1 aliphatic heterocycles. The van der Waals surface area contributed by atoms with Gasteiger partial charge in [-0.15, -0.1) is 11.6 Å². The maximum Gasteiger partial charge on any atom is 0.410 e. The summed E-state index contributed by atoms with van der Waals surface area (Å²) in [6.45, 7) is 7.72. The van der Waals surface area contributed by atoms with E-state index in [1.165, 1.54) is 0 Å². The van der Waals surface area contributed by atoms with Crippen LogP contribution in [0.15, 0.2) is 0 Å². The Kier molecular flexibility index (Phi) is 5.59. The number of amides is 2. The van der Waals surface area contributed by atoms with E-state index >= 15 is 0 Å². The Morgan fingerprint density at radius 1 is 1.27 bits per heavy atom. The molecular weight excluding hydrogens is 304 g/mol. The van der Waals surface area contributed by atoms with E-state index < -0.39 is 5.60 Å². The minimum absolute atomic E-state index is 0.0126. The number of hydrogen-bond acceptors (Lipinski definition) is 3. The van der Waals surface area contributed by atoms with E-state index in [1.54, 1.807) is 4.90 Å². The van der Waals surface area contributed by atoms with E-state index in [4.69, 9.17) is 16.3 Å². The number of likely N-dealkylation sites (tertiary alicyclic amines) is 1. The number of piperidine rings is 1. The van der Waals surface area contributed by atoms with E-state index in [0.29, 0.717) is 25.0 Å². The van der Waals surface area contributed by atoms with Gasteiger partial charge in [0.1, 0.15) is 11.5 Å². The second-order valence-corrected chi connectivity index (χ2v) is 7.61. The summed E-state index contributed by atoms with van der Waals surface area (Å²) in [7, 11) is 0. The summed E-state index contributed by atoms with van der Waals surface area (Å²) in [5.74, 6) is 0.367. The van der Waals surface area contributed by atoms with E-state index in [1.807, 2.05) is 25.7 Å². The van der Waals surface area contributed by atoms with Crippen molar-refractivity contribution in [2.45, 2.75) is 58.1 Å². The number of ether oxygens (including phenoxy) is 1. The monoisotopic (exact) mass is 330 g/mol. The molecule has 0 aromatic rings. The Morgan fingerprint density at radius 3 is 2.50 bits per heavy atom. The predicted molar refractivity (Wildman–Crippen MR) is 86.0 cm³/mol. The van der Waals surface area contributed by atoms with Crippen molar-refractivity contribution >= 4 is 23.6 Å². The average molecular weight is 331 g/mol. The van der Waals surface area contributed by atoms with Gasteiger partial charge in [0.2, 0.25) is 5.91 Å². The first-order valence-corrected chi connectivity index (χ1v) is 8.67. The molecule has 0 bridgehead atoms. The molecule has 2 fully saturated rings. The van der Waals surface area contributed by atoms with Crippen molar-refractivity contribution in [3.05, 3.63) is 0 Å². The van der Waals surface area contributed by atoms with Crippen molar-refractivity contribution in [1.82, 2.24) is 9.80 Å². The molecule has 0 N–H and O–H groups in total. The van der Waals surface area contributed by atoms with Gasteiger partial charge < -0.3 is 14.5 Å². The van der Waals surface area contributed by atoms with Gasteiger partial charge in [-0.1, -0.05) is 0 Å². The highest BCUT2D eigenvalue weighted by Gasteiger charge is 2.35. The van der Waals surface area contributed by atoms with Crippen molar-refractivity contribution in [3.63, 3.8) is 0 Å². The van der Waals surface area contributed by atoms with E-state index in [2.05, 4.69) is 0 Å². The third kappa shape index (κ3) is 5.04. The topological polar surface area (TPSA) is 49.9 Å². The number of carbonyl (C=O) groups excluding carboxylic acids is 2. The van der Waals surface area contributed by atoms with Crippen LogP contribution in [-0.2, 0) is 9.53 Å². The highest BCUT2D eigenvalue weighted by Crippen LogP contribution is 2.29. The number of halogens is 1. The van der Waals surface area contributed by atoms with Gasteiger partial charge in [-0.05, 0) is 52.4 Å². The number of nitrogens with zero attached hydrogens (tertiary/aromatic N) is 2. The molecule has 0 unspecified atom stereocenters. The molecule has 0 spiro atoms. The van der Waals surface area contributed by atoms with Crippen molar-refractivity contribution < 1.29 is 14.3 Å². The lowest BCUT2D eigenvalue weighted by Crippen LogP contribution is -2.47. The third-order valence-electron chi connectivity index (χ3n) is 4.05. The predicted octanol–water partition coefficient (Wildman–Crippen LogP) is 2.86. The van der Waals surface area contributed by atoms with E-state index in [-0.39, 0.29) is 17.9 Å². The zero-order valence-corrected chi connectivity index (χ0v) is 14.6. The van der Waals surface area contributed by atoms with Gasteiger partial charge in [-0.25, -0.2) is 4.79 Å². The lowest BCUT2D eigenvalue weighted by molar-refractivity contribution is -0.129. The average Bonchev–Trinajstić information content (AvgIpc) is 3.27. The molecule has 1 heterocycles. The summed E-state index contributed by atoms with van der Waals surface area (Å²) < 4.78 is 5.44. The maximum absolute atomic E-state index is 12.2. The van der Waals surface area contributed by atoms with Gasteiger partial charge in [-0.3, -0.25) is 4.79 Å². The molecule has 1 saturated carbocycles. The SMILES string of the molecule is CC(C)(C)OC(=O)N1CCC[C@@H](CN(C(=O)CCl)C2CC2)C1. The molecule has 2 rings (SSSR count). The van der Waals surface area contributed by atoms with Crippen LogP contribution in [-0.4, -0.2) is 59.0 Å². The van der Waals surface area contributed by atoms with Crippen LogP contribution in [0.4, 0.5) is 4.79 Å². The molecule has 126 valence electrons. The Hall–Kier alpha value is -0.970. The summed E-state index contributed by atoms with van der Waals surface area (Å²) in [6.07, 6.45) is 3.89. The first kappa shape index (κ1) is 17.4. The first-order valence-electron chi connectivity index (χ1n) is 8.13. The van der Waals surface area contributed by atoms with Crippen LogP contribution in [0.2, 0.25) is 0 Å². The van der Waals surface area contributed by atoms with Crippen LogP contribution in [0.5, 0.6) is 0 Å². The first-order chi connectivity index (χ1) is 10.3. The summed E-state index contributed by atoms with van der Waals surface area (Å²) in [5.41, 5.74) is -0.474. The smallest absolute Gasteiger partial charge is 0.410 e. The molecule has 2 aliphatic rings. The fourth-order valence-electron chi connectivity index (χ4n) is 2.90. The Bertz CT molecular complexity index is 418. The summed E-state index contributed by atoms with van der Waals surface area (Å²) in [4.78, 5) is 27.8. The van der Waals surface area contributed by atoms with Crippen molar-refractivity contribution in [2.24, 2.45) is 5.92 Å². The number of alkyl halides is 1. The minimum atomic E-state index is -0.474. The third-order valence-corrected chi connectivity index (χ3v) is 4.28. The summed E-state index contributed by atoms with van der Waals surface area (Å²) >= 11 is 5.71. The molecule has 6 heteroatoms. The second kappa shape index (κ2) is 7.07.